The maximum Gasteiger partial charge on any atom is 0.505 e. The molecule has 3 nitrogen and oxygen atoms in total. The molecule has 0 aromatic heterocycles. The summed E-state index contributed by atoms with van der Waals surface area (Å²) in [5.74, 6) is 0. The minimum absolute atomic E-state index is 0.145. The minimum atomic E-state index is -1.18. The predicted octanol–water partition coefficient (Wildman–Crippen LogP) is 3.36. The van der Waals surface area contributed by atoms with Gasteiger partial charge in [-0.15, -0.1) is 0 Å². The van der Waals surface area contributed by atoms with Crippen LogP contribution in [0.2, 0.25) is 6.04 Å². The number of hydrogen-bond acceptors (Lipinski definition) is 2. The molecule has 0 bridgehead atoms. The van der Waals surface area contributed by atoms with Crippen molar-refractivity contribution in [3.05, 3.63) is 48.0 Å². The van der Waals surface area contributed by atoms with Crippen LogP contribution in [0.25, 0.3) is 10.8 Å². The van der Waals surface area contributed by atoms with Crippen molar-refractivity contribution in [3.8, 4) is 0 Å². The van der Waals surface area contributed by atoms with Gasteiger partial charge in [-0.05, 0) is 27.4 Å². The van der Waals surface area contributed by atoms with Gasteiger partial charge in [0.1, 0.15) is 0 Å². The Hall–Kier alpha value is -1.81. The second-order valence-electron chi connectivity index (χ2n) is 5.66. The molecule has 0 aliphatic heterocycles. The number of carboxylic acid groups (broad SMARTS) is 1. The molecular weight excluding hydrogens is 268 g/mol. The Morgan fingerprint density at radius 2 is 1.90 bits per heavy atom. The van der Waals surface area contributed by atoms with Crippen LogP contribution >= 0.6 is 0 Å². The fourth-order valence-electron chi connectivity index (χ4n) is 2.43. The third-order valence-electron chi connectivity index (χ3n) is 3.70. The summed E-state index contributed by atoms with van der Waals surface area (Å²) in [5.41, 5.74) is 1.33. The summed E-state index contributed by atoms with van der Waals surface area (Å²) in [4.78, 5) is 10.3. The van der Waals surface area contributed by atoms with E-state index >= 15 is 0 Å². The minimum Gasteiger partial charge on any atom is -0.450 e. The molecule has 0 amide bonds. The van der Waals surface area contributed by atoms with E-state index < -0.39 is 15.7 Å². The Bertz CT molecular complexity index is 607. The zero-order valence-corrected chi connectivity index (χ0v) is 13.3. The van der Waals surface area contributed by atoms with Gasteiger partial charge in [0.05, 0.1) is 6.61 Å². The lowest BCUT2D eigenvalue weighted by Gasteiger charge is -2.25. The van der Waals surface area contributed by atoms with E-state index in [4.69, 9.17) is 5.11 Å². The summed E-state index contributed by atoms with van der Waals surface area (Å²) in [5, 5.41) is 11.1. The summed E-state index contributed by atoms with van der Waals surface area (Å²) < 4.78 is 4.59. The standard InChI is InChI=1S/C16H20O3Si/c1-16(2,20-10-9-19-15(17)18)14-8-7-12-5-3-4-6-13(12)11-14/h3-8,11H,9-10,20H2,1-2H3,(H,17,18). The average molecular weight is 288 g/mol. The molecule has 4 heteroatoms. The first-order valence-electron chi connectivity index (χ1n) is 6.84. The monoisotopic (exact) mass is 288 g/mol. The Kier molecular flexibility index (Phi) is 4.45. The molecular formula is C16H20O3Si. The highest BCUT2D eigenvalue weighted by atomic mass is 28.2. The largest absolute Gasteiger partial charge is 0.505 e. The van der Waals surface area contributed by atoms with Gasteiger partial charge in [0.15, 0.2) is 0 Å². The SMILES string of the molecule is CC(C)([SiH2]CCOC(=O)O)c1ccc2ccccc2c1. The first-order chi connectivity index (χ1) is 9.49. The topological polar surface area (TPSA) is 46.5 Å². The fraction of sp³-hybridized carbons (Fsp3) is 0.312. The molecule has 106 valence electrons. The number of ether oxygens (including phenoxy) is 1. The van der Waals surface area contributed by atoms with Crippen molar-refractivity contribution in [2.45, 2.75) is 24.9 Å². The van der Waals surface area contributed by atoms with Gasteiger partial charge in [-0.25, -0.2) is 4.79 Å². The zero-order chi connectivity index (χ0) is 14.6. The maximum absolute atomic E-state index is 10.3. The van der Waals surface area contributed by atoms with Crippen molar-refractivity contribution in [1.82, 2.24) is 0 Å². The first kappa shape index (κ1) is 14.6. The normalized spacial score (nSPS) is 12.1. The molecule has 20 heavy (non-hydrogen) atoms. The molecule has 2 aromatic rings. The lowest BCUT2D eigenvalue weighted by molar-refractivity contribution is 0.0964. The molecule has 0 saturated heterocycles. The van der Waals surface area contributed by atoms with Crippen molar-refractivity contribution >= 4 is 26.4 Å². The van der Waals surface area contributed by atoms with Gasteiger partial charge in [0.2, 0.25) is 0 Å². The van der Waals surface area contributed by atoms with E-state index in [1.54, 1.807) is 0 Å². The third-order valence-corrected chi connectivity index (χ3v) is 6.00. The van der Waals surface area contributed by atoms with E-state index in [1.165, 1.54) is 16.3 Å². The van der Waals surface area contributed by atoms with Gasteiger partial charge in [0.25, 0.3) is 0 Å². The van der Waals surface area contributed by atoms with Crippen LogP contribution in [-0.4, -0.2) is 27.4 Å². The second-order valence-corrected chi connectivity index (χ2v) is 8.64. The molecule has 0 saturated carbocycles. The second kappa shape index (κ2) is 6.09. The van der Waals surface area contributed by atoms with Crippen molar-refractivity contribution in [3.63, 3.8) is 0 Å². The van der Waals surface area contributed by atoms with E-state index in [-0.39, 0.29) is 5.04 Å². The molecule has 0 fully saturated rings. The maximum atomic E-state index is 10.3. The van der Waals surface area contributed by atoms with Crippen molar-refractivity contribution in [1.29, 1.82) is 0 Å². The van der Waals surface area contributed by atoms with Crippen molar-refractivity contribution in [2.75, 3.05) is 6.61 Å². The summed E-state index contributed by atoms with van der Waals surface area (Å²) in [7, 11) is -0.457. The third kappa shape index (κ3) is 3.60. The molecule has 0 spiro atoms. The van der Waals surface area contributed by atoms with Gasteiger partial charge < -0.3 is 9.84 Å². The number of benzene rings is 2. The number of carbonyl (C=O) groups is 1. The molecule has 0 aliphatic carbocycles. The van der Waals surface area contributed by atoms with Crippen LogP contribution in [-0.2, 0) is 9.78 Å². The van der Waals surface area contributed by atoms with Gasteiger partial charge in [-0.1, -0.05) is 56.3 Å². The molecule has 0 unspecified atom stereocenters. The van der Waals surface area contributed by atoms with Gasteiger partial charge in [-0.3, -0.25) is 0 Å². The number of fused-ring (bicyclic) bond motifs is 1. The lowest BCUT2D eigenvalue weighted by atomic mass is 9.98. The van der Waals surface area contributed by atoms with Crippen LogP contribution in [0.15, 0.2) is 42.5 Å². The van der Waals surface area contributed by atoms with Crippen LogP contribution in [0, 0.1) is 0 Å². The Labute approximate surface area is 121 Å². The van der Waals surface area contributed by atoms with E-state index in [0.717, 1.165) is 6.04 Å². The van der Waals surface area contributed by atoms with E-state index in [2.05, 4.69) is 55.0 Å². The Balaban J connectivity index is 2.08. The molecule has 0 aliphatic rings. The average Bonchev–Trinajstić information content (AvgIpc) is 2.43. The summed E-state index contributed by atoms with van der Waals surface area (Å²) >= 11 is 0. The molecule has 0 atom stereocenters. The highest BCUT2D eigenvalue weighted by Gasteiger charge is 2.21. The molecule has 1 N–H and O–H groups in total. The smallest absolute Gasteiger partial charge is 0.450 e. The van der Waals surface area contributed by atoms with Gasteiger partial charge in [0, 0.05) is 9.52 Å². The molecule has 0 heterocycles. The first-order valence-corrected chi connectivity index (χ1v) is 8.55. The molecule has 2 aromatic carbocycles. The van der Waals surface area contributed by atoms with Gasteiger partial charge in [-0.2, -0.15) is 0 Å². The zero-order valence-electron chi connectivity index (χ0n) is 11.9. The van der Waals surface area contributed by atoms with Crippen LogP contribution in [0.3, 0.4) is 0 Å². The van der Waals surface area contributed by atoms with Crippen LogP contribution in [0.5, 0.6) is 0 Å². The number of hydrogen-bond donors (Lipinski definition) is 1. The van der Waals surface area contributed by atoms with Crippen molar-refractivity contribution in [2.24, 2.45) is 0 Å². The van der Waals surface area contributed by atoms with E-state index in [0.29, 0.717) is 6.61 Å². The summed E-state index contributed by atoms with van der Waals surface area (Å²) in [6.07, 6.45) is -1.18. The van der Waals surface area contributed by atoms with Gasteiger partial charge >= 0.3 is 6.16 Å². The number of rotatable bonds is 5. The van der Waals surface area contributed by atoms with E-state index in [9.17, 15) is 4.79 Å². The quantitative estimate of drug-likeness (QED) is 0.521. The van der Waals surface area contributed by atoms with Crippen LogP contribution in [0.4, 0.5) is 4.79 Å². The predicted molar refractivity (Wildman–Crippen MR) is 84.3 cm³/mol. The van der Waals surface area contributed by atoms with Crippen LogP contribution in [0.1, 0.15) is 19.4 Å². The lowest BCUT2D eigenvalue weighted by Crippen LogP contribution is -2.26. The Morgan fingerprint density at radius 1 is 1.20 bits per heavy atom. The highest BCUT2D eigenvalue weighted by Crippen LogP contribution is 2.26. The Morgan fingerprint density at radius 3 is 2.60 bits per heavy atom. The summed E-state index contributed by atoms with van der Waals surface area (Å²) in [6, 6.07) is 15.8. The highest BCUT2D eigenvalue weighted by molar-refractivity contribution is 6.40. The fourth-order valence-corrected chi connectivity index (χ4v) is 4.11. The van der Waals surface area contributed by atoms with E-state index in [1.807, 2.05) is 6.07 Å². The van der Waals surface area contributed by atoms with Crippen LogP contribution < -0.4 is 0 Å². The van der Waals surface area contributed by atoms with Crippen molar-refractivity contribution < 1.29 is 14.6 Å². The molecule has 2 rings (SSSR count). The molecule has 0 radical (unpaired) electrons. The summed E-state index contributed by atoms with van der Waals surface area (Å²) in [6.45, 7) is 4.80.